The lowest BCUT2D eigenvalue weighted by molar-refractivity contribution is 0.627. The first kappa shape index (κ1) is 19.3. The van der Waals surface area contributed by atoms with E-state index < -0.39 is 0 Å². The van der Waals surface area contributed by atoms with Crippen molar-refractivity contribution >= 4 is 34.0 Å². The van der Waals surface area contributed by atoms with Crippen LogP contribution in [0.4, 0.5) is 10.1 Å². The zero-order valence-electron chi connectivity index (χ0n) is 15.6. The highest BCUT2D eigenvalue weighted by molar-refractivity contribution is 14.1. The van der Waals surface area contributed by atoms with E-state index in [0.29, 0.717) is 28.2 Å². The first-order valence-corrected chi connectivity index (χ1v) is 10.1. The number of aryl methyl sites for hydroxylation is 1. The normalized spacial score (nSPS) is 11.6. The van der Waals surface area contributed by atoms with Crippen LogP contribution in [0.15, 0.2) is 88.6 Å². The number of nitrogens with zero attached hydrogens (tertiary/aromatic N) is 2. The molecule has 0 saturated carbocycles. The fraction of sp³-hybridized carbons (Fsp3) is 0.0435. The van der Waals surface area contributed by atoms with Crippen LogP contribution in [0.2, 0.25) is 0 Å². The number of benzene rings is 3. The van der Waals surface area contributed by atoms with Crippen molar-refractivity contribution in [1.29, 1.82) is 0 Å². The minimum atomic E-state index is -0.380. The molecule has 0 aliphatic carbocycles. The van der Waals surface area contributed by atoms with E-state index in [-0.39, 0.29) is 11.4 Å². The number of aromatic nitrogens is 2. The van der Waals surface area contributed by atoms with Crippen LogP contribution in [-0.4, -0.2) is 15.5 Å². The molecule has 4 rings (SSSR count). The quantitative estimate of drug-likeness (QED) is 0.299. The summed E-state index contributed by atoms with van der Waals surface area (Å²) >= 11 is 2.22. The summed E-state index contributed by atoms with van der Waals surface area (Å²) in [6.45, 7) is 1.82. The molecule has 1 aromatic heterocycles. The van der Waals surface area contributed by atoms with Crippen LogP contribution in [0.3, 0.4) is 0 Å². The molecule has 0 radical (unpaired) electrons. The molecule has 0 fully saturated rings. The van der Waals surface area contributed by atoms with Crippen LogP contribution < -0.4 is 5.56 Å². The van der Waals surface area contributed by atoms with Crippen LogP contribution in [0, 0.1) is 16.3 Å². The van der Waals surface area contributed by atoms with Crippen molar-refractivity contribution in [2.45, 2.75) is 6.92 Å². The van der Waals surface area contributed by atoms with Gasteiger partial charge < -0.3 is 0 Å². The Morgan fingerprint density at radius 2 is 1.72 bits per heavy atom. The second-order valence-corrected chi connectivity index (χ2v) is 7.78. The molecule has 1 N–H and O–H groups in total. The van der Waals surface area contributed by atoms with Crippen molar-refractivity contribution in [1.82, 2.24) is 9.78 Å². The Kier molecular flexibility index (Phi) is 5.44. The van der Waals surface area contributed by atoms with Crippen LogP contribution in [-0.2, 0) is 0 Å². The number of H-pyrrole nitrogens is 1. The Bertz CT molecular complexity index is 1240. The number of hydrogen-bond acceptors (Lipinski definition) is 2. The molecular formula is C23H17FIN3O. The Morgan fingerprint density at radius 3 is 2.41 bits per heavy atom. The molecule has 144 valence electrons. The lowest BCUT2D eigenvalue weighted by atomic mass is 10.0. The molecule has 0 amide bonds. The first-order chi connectivity index (χ1) is 14.0. The van der Waals surface area contributed by atoms with Crippen molar-refractivity contribution in [2.75, 3.05) is 0 Å². The van der Waals surface area contributed by atoms with Gasteiger partial charge in [0.25, 0.3) is 5.56 Å². The summed E-state index contributed by atoms with van der Waals surface area (Å²) in [5, 5.41) is 3.12. The van der Waals surface area contributed by atoms with Gasteiger partial charge in [-0.05, 0) is 78.0 Å². The van der Waals surface area contributed by atoms with Gasteiger partial charge in [0.15, 0.2) is 0 Å². The SMILES string of the molecule is Cc1[nH]n(-c2ccccc2)c(=O)c1C(=Nc1ccc(I)cc1)c1cccc(F)c1. The fourth-order valence-corrected chi connectivity index (χ4v) is 3.49. The van der Waals surface area contributed by atoms with Crippen LogP contribution >= 0.6 is 22.6 Å². The lowest BCUT2D eigenvalue weighted by Gasteiger charge is -2.06. The van der Waals surface area contributed by atoms with Gasteiger partial charge >= 0.3 is 0 Å². The van der Waals surface area contributed by atoms with Crippen molar-refractivity contribution in [3.63, 3.8) is 0 Å². The number of para-hydroxylation sites is 1. The van der Waals surface area contributed by atoms with Crippen molar-refractivity contribution in [3.8, 4) is 5.69 Å². The number of aromatic amines is 1. The molecule has 6 heteroatoms. The zero-order valence-corrected chi connectivity index (χ0v) is 17.7. The third-order valence-corrected chi connectivity index (χ3v) is 5.21. The van der Waals surface area contributed by atoms with E-state index >= 15 is 0 Å². The maximum Gasteiger partial charge on any atom is 0.280 e. The largest absolute Gasteiger partial charge is 0.295 e. The number of aliphatic imine (C=N–C) groups is 1. The minimum absolute atomic E-state index is 0.234. The molecule has 0 bridgehead atoms. The van der Waals surface area contributed by atoms with Gasteiger partial charge in [-0.15, -0.1) is 0 Å². The fourth-order valence-electron chi connectivity index (χ4n) is 3.13. The van der Waals surface area contributed by atoms with E-state index in [1.807, 2.05) is 61.5 Å². The summed E-state index contributed by atoms with van der Waals surface area (Å²) in [5.74, 6) is -0.380. The van der Waals surface area contributed by atoms with Gasteiger partial charge in [-0.3, -0.25) is 9.89 Å². The predicted octanol–water partition coefficient (Wildman–Crippen LogP) is 5.39. The Balaban J connectivity index is 1.94. The van der Waals surface area contributed by atoms with E-state index in [1.54, 1.807) is 12.1 Å². The maximum absolute atomic E-state index is 14.0. The zero-order chi connectivity index (χ0) is 20.4. The second-order valence-electron chi connectivity index (χ2n) is 6.54. The highest BCUT2D eigenvalue weighted by atomic mass is 127. The molecule has 0 aliphatic rings. The van der Waals surface area contributed by atoms with Gasteiger partial charge in [0.2, 0.25) is 0 Å². The third kappa shape index (κ3) is 4.07. The highest BCUT2D eigenvalue weighted by Crippen LogP contribution is 2.20. The van der Waals surface area contributed by atoms with E-state index in [0.717, 1.165) is 9.26 Å². The van der Waals surface area contributed by atoms with Crippen molar-refractivity contribution in [2.24, 2.45) is 4.99 Å². The van der Waals surface area contributed by atoms with E-state index in [4.69, 9.17) is 4.99 Å². The molecule has 4 aromatic rings. The molecular weight excluding hydrogens is 480 g/mol. The molecule has 0 atom stereocenters. The Labute approximate surface area is 180 Å². The summed E-state index contributed by atoms with van der Waals surface area (Å²) in [6, 6.07) is 23.1. The summed E-state index contributed by atoms with van der Waals surface area (Å²) < 4.78 is 16.5. The van der Waals surface area contributed by atoms with Gasteiger partial charge in [-0.25, -0.2) is 14.1 Å². The second kappa shape index (κ2) is 8.16. The third-order valence-electron chi connectivity index (χ3n) is 4.49. The van der Waals surface area contributed by atoms with Crippen LogP contribution in [0.1, 0.15) is 16.8 Å². The highest BCUT2D eigenvalue weighted by Gasteiger charge is 2.20. The standard InChI is InChI=1S/C23H17FIN3O/c1-15-21(23(29)28(27-15)20-8-3-2-4-9-20)22(16-6-5-7-17(24)14-16)26-19-12-10-18(25)11-13-19/h2-14,27H,1H3. The van der Waals surface area contributed by atoms with Crippen LogP contribution in [0.25, 0.3) is 5.69 Å². The first-order valence-electron chi connectivity index (χ1n) is 9.00. The average Bonchev–Trinajstić information content (AvgIpc) is 3.02. The Morgan fingerprint density at radius 1 is 1.00 bits per heavy atom. The van der Waals surface area contributed by atoms with E-state index in [1.165, 1.54) is 16.8 Å². The monoisotopic (exact) mass is 497 g/mol. The average molecular weight is 497 g/mol. The lowest BCUT2D eigenvalue weighted by Crippen LogP contribution is -2.21. The number of hydrogen-bond donors (Lipinski definition) is 1. The van der Waals surface area contributed by atoms with Gasteiger partial charge in [0, 0.05) is 14.8 Å². The number of nitrogens with one attached hydrogen (secondary N) is 1. The topological polar surface area (TPSA) is 50.1 Å². The van der Waals surface area contributed by atoms with E-state index in [2.05, 4.69) is 27.7 Å². The van der Waals surface area contributed by atoms with Crippen molar-refractivity contribution in [3.05, 3.63) is 115 Å². The van der Waals surface area contributed by atoms with Gasteiger partial charge in [0.05, 0.1) is 22.6 Å². The molecule has 0 aliphatic heterocycles. The van der Waals surface area contributed by atoms with Gasteiger partial charge in [-0.2, -0.15) is 0 Å². The molecule has 1 heterocycles. The minimum Gasteiger partial charge on any atom is -0.295 e. The van der Waals surface area contributed by atoms with Gasteiger partial charge in [0.1, 0.15) is 5.82 Å². The summed E-state index contributed by atoms with van der Waals surface area (Å²) in [6.07, 6.45) is 0. The molecule has 29 heavy (non-hydrogen) atoms. The summed E-state index contributed by atoms with van der Waals surface area (Å²) in [5.41, 5.74) is 3.23. The summed E-state index contributed by atoms with van der Waals surface area (Å²) in [4.78, 5) is 18.0. The smallest absolute Gasteiger partial charge is 0.280 e. The molecule has 3 aromatic carbocycles. The number of halogens is 2. The maximum atomic E-state index is 14.0. The summed E-state index contributed by atoms with van der Waals surface area (Å²) in [7, 11) is 0. The Hall–Kier alpha value is -3.00. The van der Waals surface area contributed by atoms with Crippen molar-refractivity contribution < 1.29 is 4.39 Å². The van der Waals surface area contributed by atoms with E-state index in [9.17, 15) is 9.18 Å². The molecule has 0 spiro atoms. The van der Waals surface area contributed by atoms with Crippen LogP contribution in [0.5, 0.6) is 0 Å². The molecule has 4 nitrogen and oxygen atoms in total. The van der Waals surface area contributed by atoms with Gasteiger partial charge in [-0.1, -0.05) is 30.3 Å². The molecule has 0 saturated heterocycles. The number of rotatable bonds is 4. The predicted molar refractivity (Wildman–Crippen MR) is 122 cm³/mol. The molecule has 0 unspecified atom stereocenters.